The molecule has 0 aliphatic carbocycles. The number of likely N-dealkylation sites (tertiary alicyclic amines) is 1. The third-order valence-corrected chi connectivity index (χ3v) is 6.69. The zero-order valence-electron chi connectivity index (χ0n) is 22.2. The van der Waals surface area contributed by atoms with E-state index in [-0.39, 0.29) is 12.0 Å². The number of aromatic amines is 1. The van der Waals surface area contributed by atoms with Crippen molar-refractivity contribution in [2.75, 3.05) is 13.1 Å². The maximum Gasteiger partial charge on any atom is 0.410 e. The second-order valence-electron chi connectivity index (χ2n) is 10.7. The number of piperidine rings is 1. The Hall–Kier alpha value is -4.27. The Morgan fingerprint density at radius 3 is 2.18 bits per heavy atom. The summed E-state index contributed by atoms with van der Waals surface area (Å²) in [7, 11) is 0. The third-order valence-electron chi connectivity index (χ3n) is 6.69. The molecule has 4 aromatic rings. The lowest BCUT2D eigenvalue weighted by molar-refractivity contribution is 0.0205. The van der Waals surface area contributed by atoms with E-state index in [9.17, 15) is 9.59 Å². The molecule has 0 unspecified atom stereocenters. The van der Waals surface area contributed by atoms with Crippen LogP contribution < -0.4 is 10.5 Å². The summed E-state index contributed by atoms with van der Waals surface area (Å²) in [5.74, 6) is 1.04. The molecule has 1 saturated heterocycles. The first-order valence-electron chi connectivity index (χ1n) is 12.8. The maximum absolute atomic E-state index is 12.5. The molecule has 0 saturated carbocycles. The number of amides is 2. The van der Waals surface area contributed by atoms with Gasteiger partial charge in [-0.1, -0.05) is 17.7 Å². The van der Waals surface area contributed by atoms with Gasteiger partial charge in [-0.25, -0.2) is 14.3 Å². The minimum Gasteiger partial charge on any atom is -0.457 e. The summed E-state index contributed by atoms with van der Waals surface area (Å²) in [6.45, 7) is 8.81. The molecule has 9 heteroatoms. The summed E-state index contributed by atoms with van der Waals surface area (Å²) < 4.78 is 13.1. The fraction of sp³-hybridized carbons (Fsp3) is 0.345. The number of hydrogen-bond donors (Lipinski definition) is 2. The predicted molar refractivity (Wildman–Crippen MR) is 145 cm³/mol. The molecular formula is C29H33N5O4. The molecule has 1 aliphatic rings. The molecule has 0 radical (unpaired) electrons. The van der Waals surface area contributed by atoms with E-state index >= 15 is 0 Å². The van der Waals surface area contributed by atoms with Gasteiger partial charge in [0.1, 0.15) is 22.8 Å². The van der Waals surface area contributed by atoms with Crippen LogP contribution in [0.1, 0.15) is 61.1 Å². The van der Waals surface area contributed by atoms with Gasteiger partial charge in [-0.05, 0) is 82.9 Å². The summed E-state index contributed by atoms with van der Waals surface area (Å²) in [6.07, 6.45) is 3.13. The van der Waals surface area contributed by atoms with E-state index in [4.69, 9.17) is 20.2 Å². The second kappa shape index (κ2) is 9.89. The number of rotatable bonds is 5. The van der Waals surface area contributed by atoms with E-state index < -0.39 is 11.5 Å². The van der Waals surface area contributed by atoms with Crippen molar-refractivity contribution in [2.24, 2.45) is 5.73 Å². The number of carbonyl (C=O) groups excluding carboxylic acids is 2. The zero-order chi connectivity index (χ0) is 27.0. The van der Waals surface area contributed by atoms with Crippen molar-refractivity contribution in [2.45, 2.75) is 52.1 Å². The number of primary amides is 1. The topological polar surface area (TPSA) is 115 Å². The Balaban J connectivity index is 1.37. The summed E-state index contributed by atoms with van der Waals surface area (Å²) in [5.41, 5.74) is 9.67. The number of H-pyrrole nitrogens is 1. The Bertz CT molecular complexity index is 1450. The van der Waals surface area contributed by atoms with E-state index in [1.807, 2.05) is 82.4 Å². The lowest BCUT2D eigenvalue weighted by Gasteiger charge is -2.33. The Morgan fingerprint density at radius 1 is 1.00 bits per heavy atom. The average molecular weight is 516 g/mol. The highest BCUT2D eigenvalue weighted by molar-refractivity contribution is 5.98. The quantitative estimate of drug-likeness (QED) is 0.357. The number of hydrogen-bond acceptors (Lipinski definition) is 5. The first-order chi connectivity index (χ1) is 18.1. The molecule has 9 nitrogen and oxygen atoms in total. The van der Waals surface area contributed by atoms with Gasteiger partial charge in [0.2, 0.25) is 0 Å². The van der Waals surface area contributed by atoms with E-state index in [0.29, 0.717) is 35.9 Å². The number of imidazole rings is 1. The fourth-order valence-electron chi connectivity index (χ4n) is 4.79. The molecule has 1 fully saturated rings. The van der Waals surface area contributed by atoms with Crippen LogP contribution in [0, 0.1) is 6.92 Å². The summed E-state index contributed by atoms with van der Waals surface area (Å²) in [6, 6.07) is 15.3. The zero-order valence-corrected chi connectivity index (χ0v) is 22.2. The van der Waals surface area contributed by atoms with Gasteiger partial charge in [-0.2, -0.15) is 0 Å². The normalized spacial score (nSPS) is 14.6. The van der Waals surface area contributed by atoms with Crippen LogP contribution in [0.4, 0.5) is 4.79 Å². The fourth-order valence-corrected chi connectivity index (χ4v) is 4.79. The third kappa shape index (κ3) is 5.22. The van der Waals surface area contributed by atoms with E-state index in [0.717, 1.165) is 35.3 Å². The number of nitrogens with one attached hydrogen (secondary N) is 1. The molecule has 2 aromatic carbocycles. The molecule has 2 aromatic heterocycles. The Labute approximate surface area is 221 Å². The number of nitrogens with zero attached hydrogens (tertiary/aromatic N) is 3. The number of ether oxygens (including phenoxy) is 2. The number of nitrogens with two attached hydrogens (primary N) is 1. The largest absolute Gasteiger partial charge is 0.457 e. The van der Waals surface area contributed by atoms with Crippen molar-refractivity contribution in [1.82, 2.24) is 19.5 Å². The van der Waals surface area contributed by atoms with E-state index in [2.05, 4.69) is 5.10 Å². The van der Waals surface area contributed by atoms with Crippen LogP contribution in [0.5, 0.6) is 11.5 Å². The predicted octanol–water partition coefficient (Wildman–Crippen LogP) is 5.64. The molecule has 0 bridgehead atoms. The van der Waals surface area contributed by atoms with Crippen molar-refractivity contribution < 1.29 is 19.1 Å². The molecule has 3 heterocycles. The molecule has 0 spiro atoms. The van der Waals surface area contributed by atoms with E-state index in [1.165, 1.54) is 0 Å². The summed E-state index contributed by atoms with van der Waals surface area (Å²) >= 11 is 0. The Kier molecular flexibility index (Phi) is 6.60. The molecule has 198 valence electrons. The van der Waals surface area contributed by atoms with Gasteiger partial charge in [0, 0.05) is 30.4 Å². The average Bonchev–Trinajstić information content (AvgIpc) is 3.44. The van der Waals surface area contributed by atoms with Crippen LogP contribution in [-0.2, 0) is 4.74 Å². The van der Waals surface area contributed by atoms with Gasteiger partial charge in [0.25, 0.3) is 5.91 Å². The van der Waals surface area contributed by atoms with Crippen LogP contribution in [0.15, 0.2) is 54.7 Å². The highest BCUT2D eigenvalue weighted by Crippen LogP contribution is 2.34. The number of fused-ring (bicyclic) bond motifs is 1. The highest BCUT2D eigenvalue weighted by Gasteiger charge is 2.30. The maximum atomic E-state index is 12.5. The van der Waals surface area contributed by atoms with Gasteiger partial charge >= 0.3 is 6.09 Å². The van der Waals surface area contributed by atoms with Crippen LogP contribution in [0.3, 0.4) is 0 Å². The molecular weight excluding hydrogens is 482 g/mol. The lowest BCUT2D eigenvalue weighted by Crippen LogP contribution is -2.41. The molecule has 5 rings (SSSR count). The Morgan fingerprint density at radius 2 is 1.61 bits per heavy atom. The first-order valence-corrected chi connectivity index (χ1v) is 12.8. The number of aryl methyl sites for hydroxylation is 1. The van der Waals surface area contributed by atoms with Gasteiger partial charge in [0.05, 0.1) is 0 Å². The molecule has 0 atom stereocenters. The smallest absolute Gasteiger partial charge is 0.410 e. The van der Waals surface area contributed by atoms with Crippen LogP contribution in [0.25, 0.3) is 16.9 Å². The van der Waals surface area contributed by atoms with Crippen molar-refractivity contribution in [3.8, 4) is 22.8 Å². The standard InChI is InChI=1S/C29H33N5O4/c1-18-5-9-21(10-6-18)37-22-11-7-20(8-12-22)24-25(26(30)35)34-27(32-24)23(17-31-34)19-13-15-33(16-14-19)28(36)38-29(2,3)4/h5-12,17,19,31H,13-16H2,1-4H3,(H2,30,35). The molecule has 3 N–H and O–H groups in total. The monoisotopic (exact) mass is 515 g/mol. The van der Waals surface area contributed by atoms with Crippen molar-refractivity contribution in [1.29, 1.82) is 0 Å². The molecule has 1 aliphatic heterocycles. The first kappa shape index (κ1) is 25.4. The van der Waals surface area contributed by atoms with Crippen LogP contribution >= 0.6 is 0 Å². The number of benzene rings is 2. The van der Waals surface area contributed by atoms with Crippen molar-refractivity contribution in [3.63, 3.8) is 0 Å². The molecule has 38 heavy (non-hydrogen) atoms. The minimum atomic E-state index is -0.569. The minimum absolute atomic E-state index is 0.184. The molecule has 2 amide bonds. The number of carbonyl (C=O) groups is 2. The van der Waals surface area contributed by atoms with Gasteiger partial charge in [-0.15, -0.1) is 0 Å². The summed E-state index contributed by atoms with van der Waals surface area (Å²) in [5, 5.41) is 3.16. The van der Waals surface area contributed by atoms with Gasteiger partial charge < -0.3 is 20.1 Å². The van der Waals surface area contributed by atoms with Gasteiger partial charge in [-0.3, -0.25) is 9.89 Å². The lowest BCUT2D eigenvalue weighted by atomic mass is 9.91. The SMILES string of the molecule is Cc1ccc(Oc2ccc(-c3nc4c(C5CCN(C(=O)OC(C)(C)C)CC5)c[nH]n4c3C(N)=O)cc2)cc1. The highest BCUT2D eigenvalue weighted by atomic mass is 16.6. The van der Waals surface area contributed by atoms with Gasteiger partial charge in [0.15, 0.2) is 11.3 Å². The van der Waals surface area contributed by atoms with Crippen molar-refractivity contribution in [3.05, 3.63) is 71.5 Å². The van der Waals surface area contributed by atoms with Crippen LogP contribution in [-0.4, -0.2) is 50.2 Å². The van der Waals surface area contributed by atoms with E-state index in [1.54, 1.807) is 9.42 Å². The number of aromatic nitrogens is 3. The van der Waals surface area contributed by atoms with Crippen LogP contribution in [0.2, 0.25) is 0 Å². The summed E-state index contributed by atoms with van der Waals surface area (Å²) in [4.78, 5) is 31.5. The second-order valence-corrected chi connectivity index (χ2v) is 10.7. The van der Waals surface area contributed by atoms with Crippen molar-refractivity contribution >= 4 is 17.6 Å².